The summed E-state index contributed by atoms with van der Waals surface area (Å²) in [5.74, 6) is 0.443. The van der Waals surface area contributed by atoms with E-state index in [0.717, 1.165) is 47.3 Å². The molecule has 1 aliphatic heterocycles. The smallest absolute Gasteiger partial charge is 0.227 e. The molecule has 152 valence electrons. The van der Waals surface area contributed by atoms with E-state index in [2.05, 4.69) is 5.16 Å². The Hall–Kier alpha value is -2.96. The molecule has 1 aliphatic rings. The van der Waals surface area contributed by atoms with E-state index in [4.69, 9.17) is 9.62 Å². The van der Waals surface area contributed by atoms with Gasteiger partial charge < -0.3 is 9.42 Å². The summed E-state index contributed by atoms with van der Waals surface area (Å²) in [6.45, 7) is 4.59. The number of hydrogen-bond acceptors (Lipinski definition) is 4. The third kappa shape index (κ3) is 3.81. The second-order valence-corrected chi connectivity index (χ2v) is 7.73. The lowest BCUT2D eigenvalue weighted by Gasteiger charge is -2.35. The quantitative estimate of drug-likeness (QED) is 0.665. The largest absolute Gasteiger partial charge is 0.356 e. The molecule has 1 atom stereocenters. The first-order valence-electron chi connectivity index (χ1n) is 9.94. The molecule has 2 aromatic heterocycles. The fourth-order valence-electron chi connectivity index (χ4n) is 3.99. The van der Waals surface area contributed by atoms with Gasteiger partial charge in [0.2, 0.25) is 5.91 Å². The summed E-state index contributed by atoms with van der Waals surface area (Å²) in [6.07, 6.45) is 5.04. The molecule has 3 heterocycles. The van der Waals surface area contributed by atoms with Gasteiger partial charge in [0, 0.05) is 25.4 Å². The van der Waals surface area contributed by atoms with Crippen LogP contribution in [0.25, 0.3) is 11.3 Å². The molecule has 3 aromatic rings. The highest BCUT2D eigenvalue weighted by molar-refractivity contribution is 5.80. The minimum atomic E-state index is -0.298. The summed E-state index contributed by atoms with van der Waals surface area (Å²) in [7, 11) is 1.87. The van der Waals surface area contributed by atoms with Crippen molar-refractivity contribution >= 4 is 5.91 Å². The van der Waals surface area contributed by atoms with Gasteiger partial charge in [-0.15, -0.1) is 0 Å². The van der Waals surface area contributed by atoms with Crippen molar-refractivity contribution in [3.05, 3.63) is 58.8 Å². The van der Waals surface area contributed by atoms with E-state index in [0.29, 0.717) is 12.3 Å². The molecule has 0 saturated carbocycles. The maximum atomic E-state index is 13.2. The van der Waals surface area contributed by atoms with Gasteiger partial charge in [0.05, 0.1) is 29.4 Å². The lowest BCUT2D eigenvalue weighted by atomic mass is 9.94. The average molecular weight is 396 g/mol. The highest BCUT2D eigenvalue weighted by Gasteiger charge is 2.33. The van der Waals surface area contributed by atoms with Crippen LogP contribution >= 0.6 is 0 Å². The molecule has 6 nitrogen and oxygen atoms in total. The molecule has 1 aromatic carbocycles. The van der Waals surface area contributed by atoms with Crippen molar-refractivity contribution in [3.8, 4) is 11.3 Å². The highest BCUT2D eigenvalue weighted by atomic mass is 19.1. The van der Waals surface area contributed by atoms with Crippen LogP contribution in [0.3, 0.4) is 0 Å². The molecule has 7 heteroatoms. The molecule has 29 heavy (non-hydrogen) atoms. The minimum absolute atomic E-state index is 0.0309. The molecule has 0 aliphatic carbocycles. The summed E-state index contributed by atoms with van der Waals surface area (Å²) in [5, 5.41) is 8.78. The number of benzene rings is 1. The Morgan fingerprint density at radius 3 is 2.69 bits per heavy atom. The Balaban J connectivity index is 1.65. The number of piperidine rings is 1. The number of halogens is 1. The summed E-state index contributed by atoms with van der Waals surface area (Å²) in [4.78, 5) is 15.0. The van der Waals surface area contributed by atoms with E-state index in [1.165, 1.54) is 12.1 Å². The predicted octanol–water partition coefficient (Wildman–Crippen LogP) is 4.13. The van der Waals surface area contributed by atoms with Crippen molar-refractivity contribution in [2.75, 3.05) is 6.54 Å². The average Bonchev–Trinajstić information content (AvgIpc) is 3.25. The van der Waals surface area contributed by atoms with Crippen LogP contribution in [0.5, 0.6) is 0 Å². The predicted molar refractivity (Wildman–Crippen MR) is 107 cm³/mol. The zero-order valence-corrected chi connectivity index (χ0v) is 17.0. The molecule has 1 fully saturated rings. The van der Waals surface area contributed by atoms with Gasteiger partial charge in [-0.3, -0.25) is 9.48 Å². The zero-order valence-electron chi connectivity index (χ0n) is 17.0. The van der Waals surface area contributed by atoms with Crippen LogP contribution < -0.4 is 0 Å². The third-order valence-electron chi connectivity index (χ3n) is 5.67. The molecule has 0 unspecified atom stereocenters. The van der Waals surface area contributed by atoms with Crippen LogP contribution in [0, 0.1) is 19.7 Å². The van der Waals surface area contributed by atoms with Crippen LogP contribution in [-0.2, 0) is 18.3 Å². The standard InChI is InChI=1S/C22H25FN4O2/c1-14-15(2)25-29-22(14)18-13-26(3)24-21(18)19-6-4-5-11-27(19)20(28)12-16-7-9-17(23)10-8-16/h7-10,13,19H,4-6,11-12H2,1-3H3/t19-/m0/s1. The Kier molecular flexibility index (Phi) is 5.22. The summed E-state index contributed by atoms with van der Waals surface area (Å²) < 4.78 is 20.5. The Bertz CT molecular complexity index is 1020. The van der Waals surface area contributed by atoms with Gasteiger partial charge in [-0.05, 0) is 50.8 Å². The first-order valence-corrected chi connectivity index (χ1v) is 9.94. The van der Waals surface area contributed by atoms with Crippen molar-refractivity contribution in [1.82, 2.24) is 19.8 Å². The number of likely N-dealkylation sites (tertiary alicyclic amines) is 1. The van der Waals surface area contributed by atoms with Crippen LogP contribution in [-0.4, -0.2) is 32.3 Å². The number of nitrogens with zero attached hydrogens (tertiary/aromatic N) is 4. The second kappa shape index (κ2) is 7.81. The van der Waals surface area contributed by atoms with Gasteiger partial charge in [-0.25, -0.2) is 4.39 Å². The number of carbonyl (C=O) groups is 1. The Labute approximate surface area is 169 Å². The van der Waals surface area contributed by atoms with Crippen LogP contribution in [0.1, 0.15) is 47.8 Å². The van der Waals surface area contributed by atoms with Gasteiger partial charge in [-0.1, -0.05) is 17.3 Å². The van der Waals surface area contributed by atoms with E-state index < -0.39 is 0 Å². The molecule has 0 N–H and O–H groups in total. The molecule has 0 spiro atoms. The highest BCUT2D eigenvalue weighted by Crippen LogP contribution is 2.37. The van der Waals surface area contributed by atoms with Crippen molar-refractivity contribution in [2.45, 2.75) is 45.6 Å². The second-order valence-electron chi connectivity index (χ2n) is 7.73. The van der Waals surface area contributed by atoms with Crippen LogP contribution in [0.2, 0.25) is 0 Å². The Morgan fingerprint density at radius 1 is 1.24 bits per heavy atom. The van der Waals surface area contributed by atoms with Gasteiger partial charge in [0.25, 0.3) is 0 Å². The topological polar surface area (TPSA) is 64.2 Å². The minimum Gasteiger partial charge on any atom is -0.356 e. The van der Waals surface area contributed by atoms with E-state index >= 15 is 0 Å². The first kappa shape index (κ1) is 19.4. The molecule has 0 bridgehead atoms. The lowest BCUT2D eigenvalue weighted by Crippen LogP contribution is -2.39. The molecule has 1 saturated heterocycles. The van der Waals surface area contributed by atoms with E-state index in [9.17, 15) is 9.18 Å². The van der Waals surface area contributed by atoms with E-state index in [-0.39, 0.29) is 24.2 Å². The SMILES string of the molecule is Cc1noc(-c2cn(C)nc2[C@@H]2CCCCN2C(=O)Cc2ccc(F)cc2)c1C. The maximum absolute atomic E-state index is 13.2. The fraction of sp³-hybridized carbons (Fsp3) is 0.409. The fourth-order valence-corrected chi connectivity index (χ4v) is 3.99. The van der Waals surface area contributed by atoms with Gasteiger partial charge in [-0.2, -0.15) is 5.10 Å². The van der Waals surface area contributed by atoms with Crippen molar-refractivity contribution in [3.63, 3.8) is 0 Å². The molecule has 0 radical (unpaired) electrons. The van der Waals surface area contributed by atoms with Crippen molar-refractivity contribution in [1.29, 1.82) is 0 Å². The number of hydrogen-bond donors (Lipinski definition) is 0. The van der Waals surface area contributed by atoms with Crippen LogP contribution in [0.15, 0.2) is 35.0 Å². The molecule has 4 rings (SSSR count). The summed E-state index contributed by atoms with van der Waals surface area (Å²) in [6, 6.07) is 6.00. The van der Waals surface area contributed by atoms with Crippen molar-refractivity contribution in [2.24, 2.45) is 7.05 Å². The van der Waals surface area contributed by atoms with Gasteiger partial charge in [0.1, 0.15) is 5.82 Å². The number of aromatic nitrogens is 3. The maximum Gasteiger partial charge on any atom is 0.227 e. The lowest BCUT2D eigenvalue weighted by molar-refractivity contribution is -0.134. The normalized spacial score (nSPS) is 17.0. The molecular formula is C22H25FN4O2. The van der Waals surface area contributed by atoms with Gasteiger partial charge in [0.15, 0.2) is 5.76 Å². The third-order valence-corrected chi connectivity index (χ3v) is 5.67. The summed E-state index contributed by atoms with van der Waals surface area (Å²) >= 11 is 0. The first-order chi connectivity index (χ1) is 13.9. The van der Waals surface area contributed by atoms with Gasteiger partial charge >= 0.3 is 0 Å². The Morgan fingerprint density at radius 2 is 2.00 bits per heavy atom. The van der Waals surface area contributed by atoms with Crippen molar-refractivity contribution < 1.29 is 13.7 Å². The van der Waals surface area contributed by atoms with Crippen LogP contribution in [0.4, 0.5) is 4.39 Å². The van der Waals surface area contributed by atoms with E-state index in [1.54, 1.807) is 16.8 Å². The molecular weight excluding hydrogens is 371 g/mol. The number of carbonyl (C=O) groups excluding carboxylic acids is 1. The van der Waals surface area contributed by atoms with E-state index in [1.807, 2.05) is 32.0 Å². The number of amides is 1. The number of rotatable bonds is 4. The number of aryl methyl sites for hydroxylation is 2. The monoisotopic (exact) mass is 396 g/mol. The molecule has 1 amide bonds. The zero-order chi connectivity index (χ0) is 20.5. The summed E-state index contributed by atoms with van der Waals surface area (Å²) in [5.41, 5.74) is 4.38.